The van der Waals surface area contributed by atoms with Gasteiger partial charge in [-0.15, -0.1) is 0 Å². The lowest BCUT2D eigenvalue weighted by molar-refractivity contribution is -0.138. The van der Waals surface area contributed by atoms with Crippen LogP contribution in [0.25, 0.3) is 0 Å². The minimum atomic E-state index is -0.0909. The zero-order valence-electron chi connectivity index (χ0n) is 17.1. The van der Waals surface area contributed by atoms with Gasteiger partial charge < -0.3 is 19.9 Å². The molecule has 0 saturated heterocycles. The van der Waals surface area contributed by atoms with Crippen LogP contribution in [0.15, 0.2) is 18.2 Å². The van der Waals surface area contributed by atoms with Crippen LogP contribution in [-0.4, -0.2) is 50.6 Å². The van der Waals surface area contributed by atoms with Crippen LogP contribution >= 0.6 is 0 Å². The normalized spacial score (nSPS) is 12.0. The third-order valence-corrected chi connectivity index (χ3v) is 4.40. The van der Waals surface area contributed by atoms with Crippen molar-refractivity contribution in [3.8, 4) is 0 Å². The molecule has 1 N–H and O–H groups in total. The number of ether oxygens (including phenoxy) is 1. The molecule has 0 radical (unpaired) electrons. The molecule has 0 fully saturated rings. The second-order valence-corrected chi connectivity index (χ2v) is 7.09. The maximum atomic E-state index is 12.5. The van der Waals surface area contributed by atoms with Gasteiger partial charge in [-0.25, -0.2) is 0 Å². The maximum absolute atomic E-state index is 12.5. The summed E-state index contributed by atoms with van der Waals surface area (Å²) in [5.74, 6) is -0.155. The topological polar surface area (TPSA) is 61.9 Å². The first-order chi connectivity index (χ1) is 12.2. The van der Waals surface area contributed by atoms with Crippen LogP contribution < -0.4 is 10.2 Å². The number of carbonyl (C=O) groups excluding carboxylic acids is 2. The third kappa shape index (κ3) is 6.02. The fourth-order valence-electron chi connectivity index (χ4n) is 2.61. The van der Waals surface area contributed by atoms with E-state index >= 15 is 0 Å². The fraction of sp³-hybridized carbons (Fsp3) is 0.600. The predicted octanol–water partition coefficient (Wildman–Crippen LogP) is 3.12. The number of hydrogen-bond donors (Lipinski definition) is 1. The Morgan fingerprint density at radius 3 is 2.35 bits per heavy atom. The fourth-order valence-corrected chi connectivity index (χ4v) is 2.61. The van der Waals surface area contributed by atoms with Crippen molar-refractivity contribution in [2.24, 2.45) is 5.92 Å². The molecule has 1 atom stereocenters. The highest BCUT2D eigenvalue weighted by atomic mass is 16.5. The Morgan fingerprint density at radius 1 is 1.19 bits per heavy atom. The average Bonchev–Trinajstić information content (AvgIpc) is 2.58. The van der Waals surface area contributed by atoms with Gasteiger partial charge >= 0.3 is 0 Å². The molecule has 1 unspecified atom stereocenters. The predicted molar refractivity (Wildman–Crippen MR) is 106 cm³/mol. The number of rotatable bonds is 9. The van der Waals surface area contributed by atoms with Crippen molar-refractivity contribution in [2.45, 2.75) is 46.7 Å². The van der Waals surface area contributed by atoms with E-state index in [1.54, 1.807) is 0 Å². The highest BCUT2D eigenvalue weighted by Gasteiger charge is 2.21. The molecule has 146 valence electrons. The first-order valence-corrected chi connectivity index (χ1v) is 9.10. The second-order valence-electron chi connectivity index (χ2n) is 7.09. The van der Waals surface area contributed by atoms with Gasteiger partial charge in [0.2, 0.25) is 11.8 Å². The molecule has 26 heavy (non-hydrogen) atoms. The van der Waals surface area contributed by atoms with Crippen molar-refractivity contribution in [1.29, 1.82) is 0 Å². The molecule has 0 aliphatic rings. The number of carbonyl (C=O) groups is 2. The lowest BCUT2D eigenvalue weighted by Gasteiger charge is -2.30. The number of amides is 2. The molecule has 0 aliphatic carbocycles. The maximum Gasteiger partial charge on any atom is 0.249 e. The summed E-state index contributed by atoms with van der Waals surface area (Å²) in [6, 6.07) is 5.91. The number of benzene rings is 1. The van der Waals surface area contributed by atoms with E-state index in [-0.39, 0.29) is 30.4 Å². The van der Waals surface area contributed by atoms with Gasteiger partial charge in [-0.05, 0) is 37.1 Å². The van der Waals surface area contributed by atoms with Crippen LogP contribution in [-0.2, 0) is 20.9 Å². The summed E-state index contributed by atoms with van der Waals surface area (Å²) in [6.07, 6.45) is 0.858. The molecule has 1 rings (SSSR count). The Kier molecular flexibility index (Phi) is 8.58. The monoisotopic (exact) mass is 363 g/mol. The molecule has 2 amide bonds. The van der Waals surface area contributed by atoms with Crippen molar-refractivity contribution in [3.05, 3.63) is 23.8 Å². The van der Waals surface area contributed by atoms with Crippen LogP contribution in [0, 0.1) is 5.92 Å². The molecule has 0 heterocycles. The van der Waals surface area contributed by atoms with E-state index in [4.69, 9.17) is 4.74 Å². The largest absolute Gasteiger partial charge is 0.377 e. The zero-order chi connectivity index (χ0) is 19.9. The Balaban J connectivity index is 3.19. The second kappa shape index (κ2) is 10.2. The van der Waals surface area contributed by atoms with Crippen LogP contribution in [0.1, 0.15) is 39.7 Å². The highest BCUT2D eigenvalue weighted by Crippen LogP contribution is 2.26. The number of nitrogens with zero attached hydrogens (tertiary/aromatic N) is 2. The Morgan fingerprint density at radius 2 is 1.85 bits per heavy atom. The SMILES string of the molecule is CCC(C)N(Cc1cc(NC(=O)C(C)C)ccc1N(C)C)C(=O)COC. The van der Waals surface area contributed by atoms with Gasteiger partial charge in [0, 0.05) is 51.1 Å². The lowest BCUT2D eigenvalue weighted by Crippen LogP contribution is -2.40. The van der Waals surface area contributed by atoms with Gasteiger partial charge in [0.1, 0.15) is 6.61 Å². The quantitative estimate of drug-likeness (QED) is 0.732. The van der Waals surface area contributed by atoms with Crippen LogP contribution in [0.3, 0.4) is 0 Å². The van der Waals surface area contributed by atoms with Crippen LogP contribution in [0.4, 0.5) is 11.4 Å². The average molecular weight is 364 g/mol. The third-order valence-electron chi connectivity index (χ3n) is 4.40. The number of nitrogens with one attached hydrogen (secondary N) is 1. The van der Waals surface area contributed by atoms with Crippen LogP contribution in [0.5, 0.6) is 0 Å². The minimum absolute atomic E-state index is 0.0252. The van der Waals surface area contributed by atoms with Crippen molar-refractivity contribution in [1.82, 2.24) is 4.90 Å². The molecule has 6 heteroatoms. The van der Waals surface area contributed by atoms with Gasteiger partial charge in [-0.3, -0.25) is 9.59 Å². The van der Waals surface area contributed by atoms with Crippen molar-refractivity contribution < 1.29 is 14.3 Å². The summed E-state index contributed by atoms with van der Waals surface area (Å²) in [6.45, 7) is 8.34. The number of hydrogen-bond acceptors (Lipinski definition) is 4. The minimum Gasteiger partial charge on any atom is -0.377 e. The molecule has 0 aromatic heterocycles. The summed E-state index contributed by atoms with van der Waals surface area (Å²) >= 11 is 0. The van der Waals surface area contributed by atoms with E-state index in [0.717, 1.165) is 23.4 Å². The summed E-state index contributed by atoms with van der Waals surface area (Å²) in [5, 5.41) is 2.93. The first kappa shape index (κ1) is 22.0. The van der Waals surface area contributed by atoms with Gasteiger partial charge in [0.05, 0.1) is 0 Å². The molecule has 0 bridgehead atoms. The first-order valence-electron chi connectivity index (χ1n) is 9.10. The van der Waals surface area contributed by atoms with E-state index in [1.807, 2.05) is 62.9 Å². The summed E-state index contributed by atoms with van der Waals surface area (Å²) in [4.78, 5) is 28.4. The summed E-state index contributed by atoms with van der Waals surface area (Å²) < 4.78 is 5.04. The standard InChI is InChI=1S/C20H33N3O3/c1-8-15(4)23(19(24)13-26-7)12-16-11-17(21-20(25)14(2)3)9-10-18(16)22(5)6/h9-11,14-15H,8,12-13H2,1-7H3,(H,21,25). The Bertz CT molecular complexity index is 614. The highest BCUT2D eigenvalue weighted by molar-refractivity contribution is 5.92. The van der Waals surface area contributed by atoms with E-state index < -0.39 is 0 Å². The van der Waals surface area contributed by atoms with Crippen molar-refractivity contribution >= 4 is 23.2 Å². The smallest absolute Gasteiger partial charge is 0.249 e. The number of anilines is 2. The Labute approximate surface area is 157 Å². The molecular weight excluding hydrogens is 330 g/mol. The molecule has 0 aliphatic heterocycles. The molecule has 0 saturated carbocycles. The molecule has 6 nitrogen and oxygen atoms in total. The molecule has 0 spiro atoms. The van der Waals surface area contributed by atoms with Crippen molar-refractivity contribution in [2.75, 3.05) is 38.0 Å². The van der Waals surface area contributed by atoms with Gasteiger partial charge in [0.25, 0.3) is 0 Å². The molecular formula is C20H33N3O3. The molecule has 1 aromatic rings. The summed E-state index contributed by atoms with van der Waals surface area (Å²) in [5.41, 5.74) is 2.75. The van der Waals surface area contributed by atoms with Crippen molar-refractivity contribution in [3.63, 3.8) is 0 Å². The van der Waals surface area contributed by atoms with E-state index in [0.29, 0.717) is 6.54 Å². The molecule has 1 aromatic carbocycles. The van der Waals surface area contributed by atoms with Gasteiger partial charge in [-0.2, -0.15) is 0 Å². The zero-order valence-corrected chi connectivity index (χ0v) is 17.1. The van der Waals surface area contributed by atoms with E-state index in [2.05, 4.69) is 12.2 Å². The van der Waals surface area contributed by atoms with Gasteiger partial charge in [0.15, 0.2) is 0 Å². The van der Waals surface area contributed by atoms with Crippen LogP contribution in [0.2, 0.25) is 0 Å². The number of methoxy groups -OCH3 is 1. The van der Waals surface area contributed by atoms with Gasteiger partial charge in [-0.1, -0.05) is 20.8 Å². The lowest BCUT2D eigenvalue weighted by atomic mass is 10.1. The Hall–Kier alpha value is -2.08. The van der Waals surface area contributed by atoms with E-state index in [1.165, 1.54) is 7.11 Å². The summed E-state index contributed by atoms with van der Waals surface area (Å²) in [7, 11) is 5.46. The van der Waals surface area contributed by atoms with E-state index in [9.17, 15) is 9.59 Å².